The summed E-state index contributed by atoms with van der Waals surface area (Å²) in [5, 5.41) is 6.33. The summed E-state index contributed by atoms with van der Waals surface area (Å²) in [6.07, 6.45) is 8.10. The smallest absolute Gasteiger partial charge is 0.224 e. The van der Waals surface area contributed by atoms with E-state index >= 15 is 0 Å². The molecule has 0 bridgehead atoms. The van der Waals surface area contributed by atoms with Gasteiger partial charge in [-0.05, 0) is 28.8 Å². The fraction of sp³-hybridized carbons (Fsp3) is 0.200. The molecule has 2 unspecified atom stereocenters. The van der Waals surface area contributed by atoms with E-state index in [0.29, 0.717) is 6.54 Å². The highest BCUT2D eigenvalue weighted by Gasteiger charge is 2.29. The highest BCUT2D eigenvalue weighted by Crippen LogP contribution is 2.37. The van der Waals surface area contributed by atoms with Crippen molar-refractivity contribution in [2.45, 2.75) is 19.4 Å². The van der Waals surface area contributed by atoms with Crippen molar-refractivity contribution in [3.63, 3.8) is 0 Å². The monoisotopic (exact) mass is 349 g/mol. The maximum Gasteiger partial charge on any atom is 0.224 e. The molecule has 2 aromatic rings. The van der Waals surface area contributed by atoms with E-state index in [0.717, 1.165) is 16.4 Å². The van der Waals surface area contributed by atoms with Crippen LogP contribution in [0.4, 0.5) is 5.00 Å². The van der Waals surface area contributed by atoms with E-state index < -0.39 is 0 Å². The van der Waals surface area contributed by atoms with Crippen LogP contribution in [0.3, 0.4) is 0 Å². The van der Waals surface area contributed by atoms with Gasteiger partial charge in [0, 0.05) is 25.0 Å². The number of benzene rings is 1. The van der Waals surface area contributed by atoms with Crippen LogP contribution in [0, 0.1) is 5.92 Å². The molecule has 0 saturated heterocycles. The van der Waals surface area contributed by atoms with Gasteiger partial charge >= 0.3 is 0 Å². The number of nitrogens with zero attached hydrogens (tertiary/aromatic N) is 2. The molecule has 0 radical (unpaired) electrons. The molecule has 25 heavy (non-hydrogen) atoms. The second-order valence-electron chi connectivity index (χ2n) is 6.22. The van der Waals surface area contributed by atoms with Crippen LogP contribution in [-0.4, -0.2) is 11.7 Å². The van der Waals surface area contributed by atoms with Crippen molar-refractivity contribution in [2.75, 3.05) is 4.90 Å². The number of carbonyl (C=O) groups excluding carboxylic acids is 1. The van der Waals surface area contributed by atoms with Gasteiger partial charge in [0.2, 0.25) is 5.91 Å². The molecule has 5 heteroatoms. The minimum Gasteiger partial charge on any atom is -0.350 e. The number of rotatable bonds is 4. The highest BCUT2D eigenvalue weighted by atomic mass is 32.1. The first-order chi connectivity index (χ1) is 12.2. The number of anilines is 1. The van der Waals surface area contributed by atoms with Crippen molar-refractivity contribution in [3.8, 4) is 0 Å². The molecule has 0 aliphatic carbocycles. The zero-order chi connectivity index (χ0) is 17.2. The largest absolute Gasteiger partial charge is 0.350 e. The third-order valence-electron chi connectivity index (χ3n) is 4.56. The topological polar surface area (TPSA) is 44.7 Å². The molecule has 126 valence electrons. The van der Waals surface area contributed by atoms with Crippen molar-refractivity contribution >= 4 is 28.1 Å². The van der Waals surface area contributed by atoms with Crippen LogP contribution in [-0.2, 0) is 11.3 Å². The molecule has 0 saturated carbocycles. The molecule has 4 rings (SSSR count). The molecular weight excluding hydrogens is 330 g/mol. The minimum atomic E-state index is 0.0566. The van der Waals surface area contributed by atoms with E-state index in [1.807, 2.05) is 47.6 Å². The lowest BCUT2D eigenvalue weighted by molar-refractivity contribution is -0.116. The Morgan fingerprint density at radius 3 is 2.88 bits per heavy atom. The number of allylic oxidation sites excluding steroid dienone is 1. The average Bonchev–Trinajstić information content (AvgIpc) is 3.29. The first-order valence-electron chi connectivity index (χ1n) is 8.30. The third-order valence-corrected chi connectivity index (χ3v) is 5.53. The lowest BCUT2D eigenvalue weighted by Gasteiger charge is -2.22. The predicted octanol–water partition coefficient (Wildman–Crippen LogP) is 4.04. The normalized spacial score (nSPS) is 20.8. The standard InChI is InChI=1S/C20H19N3OS/c1-14(24)23(12-15-5-3-2-4-6-15)19-11-16(13-25-19)17-7-9-21-20-18(17)8-10-22-20/h2-11,13,17-18H,12H2,1H3,(H,21,22). The van der Waals surface area contributed by atoms with Gasteiger partial charge in [0.1, 0.15) is 5.84 Å². The summed E-state index contributed by atoms with van der Waals surface area (Å²) in [6, 6.07) is 12.2. The second kappa shape index (κ2) is 6.69. The maximum absolute atomic E-state index is 12.2. The van der Waals surface area contributed by atoms with Crippen molar-refractivity contribution in [3.05, 3.63) is 77.5 Å². The summed E-state index contributed by atoms with van der Waals surface area (Å²) in [5.41, 5.74) is 2.35. The minimum absolute atomic E-state index is 0.0566. The summed E-state index contributed by atoms with van der Waals surface area (Å²) in [4.78, 5) is 18.4. The number of fused-ring (bicyclic) bond motifs is 1. The van der Waals surface area contributed by atoms with Gasteiger partial charge in [-0.15, -0.1) is 11.3 Å². The molecule has 2 atom stereocenters. The van der Waals surface area contributed by atoms with E-state index in [9.17, 15) is 4.79 Å². The summed E-state index contributed by atoms with van der Waals surface area (Å²) >= 11 is 1.62. The molecule has 2 aliphatic rings. The van der Waals surface area contributed by atoms with E-state index in [4.69, 9.17) is 0 Å². The number of nitrogens with one attached hydrogen (secondary N) is 1. The van der Waals surface area contributed by atoms with Crippen LogP contribution in [0.5, 0.6) is 0 Å². The SMILES string of the molecule is CC(=O)N(Cc1ccccc1)c1cc(C2C=CN=C3NC=CC32)cs1. The quantitative estimate of drug-likeness (QED) is 0.905. The molecular formula is C20H19N3OS. The molecule has 1 aromatic heterocycles. The van der Waals surface area contributed by atoms with Crippen LogP contribution in [0.2, 0.25) is 0 Å². The third kappa shape index (κ3) is 3.15. The number of amides is 1. The van der Waals surface area contributed by atoms with Crippen LogP contribution < -0.4 is 10.2 Å². The Balaban J connectivity index is 1.59. The fourth-order valence-corrected chi connectivity index (χ4v) is 4.26. The Kier molecular flexibility index (Phi) is 4.24. The Morgan fingerprint density at radius 1 is 1.24 bits per heavy atom. The number of amidine groups is 1. The summed E-state index contributed by atoms with van der Waals surface area (Å²) in [7, 11) is 0. The lowest BCUT2D eigenvalue weighted by atomic mass is 9.86. The number of carbonyl (C=O) groups is 1. The van der Waals surface area contributed by atoms with E-state index in [1.54, 1.807) is 18.3 Å². The number of hydrogen-bond donors (Lipinski definition) is 1. The zero-order valence-corrected chi connectivity index (χ0v) is 14.7. The van der Waals surface area contributed by atoms with E-state index in [-0.39, 0.29) is 17.7 Å². The van der Waals surface area contributed by atoms with Gasteiger partial charge in [-0.2, -0.15) is 0 Å². The number of aliphatic imine (C=N–C) groups is 1. The maximum atomic E-state index is 12.2. The van der Waals surface area contributed by atoms with Gasteiger partial charge < -0.3 is 5.32 Å². The van der Waals surface area contributed by atoms with E-state index in [2.05, 4.69) is 33.9 Å². The Bertz CT molecular complexity index is 866. The first-order valence-corrected chi connectivity index (χ1v) is 9.18. The van der Waals surface area contributed by atoms with Gasteiger partial charge in [0.25, 0.3) is 0 Å². The van der Waals surface area contributed by atoms with Gasteiger partial charge in [-0.1, -0.05) is 42.5 Å². The molecule has 1 amide bonds. The van der Waals surface area contributed by atoms with Crippen LogP contribution >= 0.6 is 11.3 Å². The first kappa shape index (κ1) is 15.8. The van der Waals surface area contributed by atoms with Crippen molar-refractivity contribution < 1.29 is 4.79 Å². The lowest BCUT2D eigenvalue weighted by Crippen LogP contribution is -2.27. The van der Waals surface area contributed by atoms with E-state index in [1.165, 1.54) is 5.56 Å². The number of hydrogen-bond acceptors (Lipinski definition) is 4. The van der Waals surface area contributed by atoms with Gasteiger partial charge in [0.15, 0.2) is 0 Å². The summed E-state index contributed by atoms with van der Waals surface area (Å²) in [5.74, 6) is 1.57. The Morgan fingerprint density at radius 2 is 2.08 bits per heavy atom. The van der Waals surface area contributed by atoms with Gasteiger partial charge in [-0.3, -0.25) is 9.69 Å². The van der Waals surface area contributed by atoms with Crippen molar-refractivity contribution in [1.82, 2.24) is 5.32 Å². The van der Waals surface area contributed by atoms with Gasteiger partial charge in [-0.25, -0.2) is 4.99 Å². The Labute approximate surface area is 151 Å². The summed E-state index contributed by atoms with van der Waals surface area (Å²) < 4.78 is 0. The average molecular weight is 349 g/mol. The molecule has 1 aromatic carbocycles. The molecule has 0 fully saturated rings. The number of thiophene rings is 1. The van der Waals surface area contributed by atoms with Crippen LogP contribution in [0.15, 0.2) is 71.3 Å². The second-order valence-corrected chi connectivity index (χ2v) is 7.11. The van der Waals surface area contributed by atoms with Crippen LogP contribution in [0.1, 0.15) is 24.0 Å². The Hall–Kier alpha value is -2.66. The molecule has 2 aliphatic heterocycles. The molecule has 1 N–H and O–H groups in total. The van der Waals surface area contributed by atoms with Gasteiger partial charge in [0.05, 0.1) is 11.5 Å². The predicted molar refractivity (Wildman–Crippen MR) is 103 cm³/mol. The highest BCUT2D eigenvalue weighted by molar-refractivity contribution is 7.14. The molecule has 3 heterocycles. The molecule has 0 spiro atoms. The zero-order valence-electron chi connectivity index (χ0n) is 13.9. The van der Waals surface area contributed by atoms with Crippen molar-refractivity contribution in [1.29, 1.82) is 0 Å². The van der Waals surface area contributed by atoms with Crippen LogP contribution in [0.25, 0.3) is 0 Å². The summed E-state index contributed by atoms with van der Waals surface area (Å²) in [6.45, 7) is 2.21. The molecule has 4 nitrogen and oxygen atoms in total. The fourth-order valence-electron chi connectivity index (χ4n) is 3.26. The van der Waals surface area contributed by atoms with Crippen molar-refractivity contribution in [2.24, 2.45) is 10.9 Å².